The van der Waals surface area contributed by atoms with Crippen molar-refractivity contribution in [3.63, 3.8) is 0 Å². The molecule has 4 nitrogen and oxygen atoms in total. The third-order valence-electron chi connectivity index (χ3n) is 1.75. The predicted octanol–water partition coefficient (Wildman–Crippen LogP) is 1.27. The Morgan fingerprint density at radius 1 is 1.77 bits per heavy atom. The highest BCUT2D eigenvalue weighted by Gasteiger charge is 2.13. The zero-order chi connectivity index (χ0) is 9.68. The second kappa shape index (κ2) is 5.01. The molecule has 1 aromatic rings. The molecule has 1 N–H and O–H groups in total. The van der Waals surface area contributed by atoms with Gasteiger partial charge in [-0.15, -0.1) is 0 Å². The Bertz CT molecular complexity index is 260. The quantitative estimate of drug-likeness (QED) is 0.813. The van der Waals surface area contributed by atoms with E-state index in [1.165, 1.54) is 0 Å². The van der Waals surface area contributed by atoms with Crippen LogP contribution in [0.2, 0.25) is 0 Å². The highest BCUT2D eigenvalue weighted by Crippen LogP contribution is 2.00. The Morgan fingerprint density at radius 2 is 2.54 bits per heavy atom. The van der Waals surface area contributed by atoms with Crippen molar-refractivity contribution in [1.82, 2.24) is 15.1 Å². The molecule has 0 atom stereocenters. The second-order valence-electron chi connectivity index (χ2n) is 2.54. The normalized spacial score (nSPS) is 10.0. The lowest BCUT2D eigenvalue weighted by molar-refractivity contribution is 0.0769. The van der Waals surface area contributed by atoms with Gasteiger partial charge < -0.3 is 4.90 Å². The van der Waals surface area contributed by atoms with Gasteiger partial charge in [0.2, 0.25) is 0 Å². The molecule has 1 heterocycles. The van der Waals surface area contributed by atoms with Crippen LogP contribution in [0.15, 0.2) is 12.3 Å². The fourth-order valence-electron chi connectivity index (χ4n) is 1.05. The summed E-state index contributed by atoms with van der Waals surface area (Å²) in [6.07, 6.45) is 1.58. The SMILES string of the molecule is CCN(CCBr)C(=O)c1ccn[nH]1. The van der Waals surface area contributed by atoms with E-state index in [0.29, 0.717) is 18.8 Å². The van der Waals surface area contributed by atoms with Crippen LogP contribution < -0.4 is 0 Å². The Labute approximate surface area is 85.4 Å². The van der Waals surface area contributed by atoms with Crippen molar-refractivity contribution < 1.29 is 4.79 Å². The fraction of sp³-hybridized carbons (Fsp3) is 0.500. The molecule has 72 valence electrons. The van der Waals surface area contributed by atoms with Crippen molar-refractivity contribution in [1.29, 1.82) is 0 Å². The topological polar surface area (TPSA) is 49.0 Å². The minimum Gasteiger partial charge on any atom is -0.337 e. The zero-order valence-corrected chi connectivity index (χ0v) is 9.04. The number of hydrogen-bond donors (Lipinski definition) is 1. The average Bonchev–Trinajstić information content (AvgIpc) is 2.65. The summed E-state index contributed by atoms with van der Waals surface area (Å²) in [6.45, 7) is 3.38. The van der Waals surface area contributed by atoms with Crippen molar-refractivity contribution in [2.75, 3.05) is 18.4 Å². The first kappa shape index (κ1) is 10.2. The molecule has 1 rings (SSSR count). The van der Waals surface area contributed by atoms with Crippen LogP contribution in [0.5, 0.6) is 0 Å². The minimum absolute atomic E-state index is 0.000509. The minimum atomic E-state index is -0.000509. The number of H-pyrrole nitrogens is 1. The summed E-state index contributed by atoms with van der Waals surface area (Å²) in [5.41, 5.74) is 0.544. The lowest BCUT2D eigenvalue weighted by Gasteiger charge is -2.18. The van der Waals surface area contributed by atoms with E-state index in [4.69, 9.17) is 0 Å². The molecular weight excluding hydrogens is 234 g/mol. The summed E-state index contributed by atoms with van der Waals surface area (Å²) in [5.74, 6) is -0.000509. The van der Waals surface area contributed by atoms with Gasteiger partial charge in [0, 0.05) is 24.6 Å². The Kier molecular flexibility index (Phi) is 3.95. The first-order valence-electron chi connectivity index (χ1n) is 4.14. The number of nitrogens with one attached hydrogen (secondary N) is 1. The lowest BCUT2D eigenvalue weighted by atomic mass is 10.3. The first-order valence-corrected chi connectivity index (χ1v) is 5.26. The van der Waals surface area contributed by atoms with Gasteiger partial charge in [0.15, 0.2) is 0 Å². The van der Waals surface area contributed by atoms with Gasteiger partial charge in [-0.05, 0) is 13.0 Å². The molecule has 0 saturated heterocycles. The third-order valence-corrected chi connectivity index (χ3v) is 2.11. The molecule has 0 aliphatic rings. The van der Waals surface area contributed by atoms with Gasteiger partial charge in [0.05, 0.1) is 0 Å². The number of hydrogen-bond acceptors (Lipinski definition) is 2. The number of alkyl halides is 1. The van der Waals surface area contributed by atoms with Crippen LogP contribution in [0.4, 0.5) is 0 Å². The summed E-state index contributed by atoms with van der Waals surface area (Å²) in [4.78, 5) is 13.4. The predicted molar refractivity (Wildman–Crippen MR) is 54.0 cm³/mol. The number of carbonyl (C=O) groups is 1. The van der Waals surface area contributed by atoms with Crippen molar-refractivity contribution in [3.05, 3.63) is 18.0 Å². The van der Waals surface area contributed by atoms with Gasteiger partial charge in [-0.25, -0.2) is 0 Å². The number of aromatic amines is 1. The van der Waals surface area contributed by atoms with Gasteiger partial charge in [0.25, 0.3) is 5.91 Å². The van der Waals surface area contributed by atoms with Crippen molar-refractivity contribution >= 4 is 21.8 Å². The number of halogens is 1. The second-order valence-corrected chi connectivity index (χ2v) is 3.34. The highest BCUT2D eigenvalue weighted by atomic mass is 79.9. The maximum absolute atomic E-state index is 11.7. The maximum Gasteiger partial charge on any atom is 0.271 e. The van der Waals surface area contributed by atoms with Crippen molar-refractivity contribution in [2.24, 2.45) is 0 Å². The average molecular weight is 246 g/mol. The Balaban J connectivity index is 2.65. The smallest absolute Gasteiger partial charge is 0.271 e. The zero-order valence-electron chi connectivity index (χ0n) is 7.46. The van der Waals surface area contributed by atoms with Crippen LogP contribution in [-0.4, -0.2) is 39.4 Å². The molecular formula is C8H12BrN3O. The third kappa shape index (κ3) is 2.55. The molecule has 0 unspecified atom stereocenters. The van der Waals surface area contributed by atoms with E-state index < -0.39 is 0 Å². The highest BCUT2D eigenvalue weighted by molar-refractivity contribution is 9.09. The van der Waals surface area contributed by atoms with Gasteiger partial charge in [-0.1, -0.05) is 15.9 Å². The van der Waals surface area contributed by atoms with Crippen LogP contribution >= 0.6 is 15.9 Å². The first-order chi connectivity index (χ1) is 6.29. The molecule has 0 radical (unpaired) electrons. The van der Waals surface area contributed by atoms with E-state index in [1.807, 2.05) is 6.92 Å². The molecule has 0 aliphatic carbocycles. The maximum atomic E-state index is 11.7. The van der Waals surface area contributed by atoms with Crippen LogP contribution in [0, 0.1) is 0 Å². The van der Waals surface area contributed by atoms with Gasteiger partial charge in [-0.3, -0.25) is 9.89 Å². The largest absolute Gasteiger partial charge is 0.337 e. The number of carbonyl (C=O) groups excluding carboxylic acids is 1. The molecule has 0 bridgehead atoms. The standard InChI is InChI=1S/C8H12BrN3O/c1-2-12(6-4-9)8(13)7-3-5-10-11-7/h3,5H,2,4,6H2,1H3,(H,10,11). The number of rotatable bonds is 4. The number of aromatic nitrogens is 2. The van der Waals surface area contributed by atoms with Crippen LogP contribution in [0.1, 0.15) is 17.4 Å². The van der Waals surface area contributed by atoms with E-state index in [1.54, 1.807) is 17.2 Å². The van der Waals surface area contributed by atoms with E-state index in [-0.39, 0.29) is 5.91 Å². The number of amides is 1. The molecule has 5 heteroatoms. The van der Waals surface area contributed by atoms with Crippen LogP contribution in [0.3, 0.4) is 0 Å². The Hall–Kier alpha value is -0.840. The summed E-state index contributed by atoms with van der Waals surface area (Å²) in [5, 5.41) is 7.18. The summed E-state index contributed by atoms with van der Waals surface area (Å²) >= 11 is 3.30. The molecule has 0 fully saturated rings. The molecule has 1 aromatic heterocycles. The molecule has 0 saturated carbocycles. The Morgan fingerprint density at radius 3 is 3.00 bits per heavy atom. The monoisotopic (exact) mass is 245 g/mol. The molecule has 0 aliphatic heterocycles. The van der Waals surface area contributed by atoms with E-state index in [9.17, 15) is 4.79 Å². The van der Waals surface area contributed by atoms with E-state index in [2.05, 4.69) is 26.1 Å². The summed E-state index contributed by atoms with van der Waals surface area (Å²) < 4.78 is 0. The van der Waals surface area contributed by atoms with Gasteiger partial charge in [-0.2, -0.15) is 5.10 Å². The summed E-state index contributed by atoms with van der Waals surface area (Å²) in [7, 11) is 0. The van der Waals surface area contributed by atoms with Gasteiger partial charge in [0.1, 0.15) is 5.69 Å². The molecule has 13 heavy (non-hydrogen) atoms. The van der Waals surface area contributed by atoms with Crippen molar-refractivity contribution in [3.8, 4) is 0 Å². The molecule has 1 amide bonds. The van der Waals surface area contributed by atoms with E-state index >= 15 is 0 Å². The number of nitrogens with zero attached hydrogens (tertiary/aromatic N) is 2. The fourth-order valence-corrected chi connectivity index (χ4v) is 1.48. The van der Waals surface area contributed by atoms with Crippen LogP contribution in [0.25, 0.3) is 0 Å². The van der Waals surface area contributed by atoms with Crippen molar-refractivity contribution in [2.45, 2.75) is 6.92 Å². The molecule has 0 spiro atoms. The lowest BCUT2D eigenvalue weighted by Crippen LogP contribution is -2.32. The van der Waals surface area contributed by atoms with E-state index in [0.717, 1.165) is 5.33 Å². The molecule has 0 aromatic carbocycles. The van der Waals surface area contributed by atoms with Crippen LogP contribution in [-0.2, 0) is 0 Å². The van der Waals surface area contributed by atoms with Gasteiger partial charge >= 0.3 is 0 Å². The summed E-state index contributed by atoms with van der Waals surface area (Å²) in [6, 6.07) is 1.68.